The van der Waals surface area contributed by atoms with E-state index in [-0.39, 0.29) is 11.2 Å². The molecule has 2 N–H and O–H groups in total. The fourth-order valence-electron chi connectivity index (χ4n) is 4.93. The van der Waals surface area contributed by atoms with E-state index in [0.29, 0.717) is 35.9 Å². The number of nitrogens with zero attached hydrogens (tertiary/aromatic N) is 3. The summed E-state index contributed by atoms with van der Waals surface area (Å²) in [5, 5.41) is 13.6. The highest BCUT2D eigenvalue weighted by Gasteiger charge is 2.36. The summed E-state index contributed by atoms with van der Waals surface area (Å²) in [5.74, 6) is -0.742. The quantitative estimate of drug-likeness (QED) is 0.264. The average molecular weight is 565 g/mol. The van der Waals surface area contributed by atoms with E-state index in [4.69, 9.17) is 14.5 Å². The average Bonchev–Trinajstić information content (AvgIpc) is 2.91. The number of aliphatic carboxylic acids is 1. The summed E-state index contributed by atoms with van der Waals surface area (Å²) in [6, 6.07) is 9.77. The smallest absolute Gasteiger partial charge is 0.337 e. The third-order valence-corrected chi connectivity index (χ3v) is 7.23. The number of hydrogen-bond donors (Lipinski definition) is 2. The summed E-state index contributed by atoms with van der Waals surface area (Å²) < 4.78 is 24.8. The number of carbonyl (C=O) groups is 1. The standard InChI is InChI=1S/C32H41FN4O4/c1-21-27(29(30(38)39)41-31(2,3)4)28(37-16-13-32(5,6)14-17-37)25(20-35-21)26-12-9-23(19-36-26)34-15-18-40-24-10-7-22(33)8-11-24/h7-12,19-20,29,34H,13-18H2,1-6H3,(H,38,39)/t29-/m0/s1. The van der Waals surface area contributed by atoms with Crippen molar-refractivity contribution in [2.45, 2.75) is 66.1 Å². The molecule has 1 saturated heterocycles. The van der Waals surface area contributed by atoms with Gasteiger partial charge in [0.25, 0.3) is 0 Å². The number of aryl methyl sites for hydroxylation is 1. The van der Waals surface area contributed by atoms with Crippen LogP contribution in [0, 0.1) is 18.2 Å². The van der Waals surface area contributed by atoms with Crippen molar-refractivity contribution in [2.75, 3.05) is 36.5 Å². The van der Waals surface area contributed by atoms with Crippen LogP contribution in [0.15, 0.2) is 48.8 Å². The molecule has 1 fully saturated rings. The third-order valence-electron chi connectivity index (χ3n) is 7.23. The zero-order chi connectivity index (χ0) is 29.8. The molecule has 1 aromatic carbocycles. The lowest BCUT2D eigenvalue weighted by Crippen LogP contribution is -2.39. The van der Waals surface area contributed by atoms with Crippen LogP contribution in [0.4, 0.5) is 15.8 Å². The first kappa shape index (κ1) is 30.2. The van der Waals surface area contributed by atoms with Crippen LogP contribution in [0.25, 0.3) is 11.3 Å². The Morgan fingerprint density at radius 1 is 1.10 bits per heavy atom. The maximum absolute atomic E-state index is 13.1. The van der Waals surface area contributed by atoms with Crippen molar-refractivity contribution in [3.8, 4) is 17.0 Å². The maximum Gasteiger partial charge on any atom is 0.337 e. The first-order valence-electron chi connectivity index (χ1n) is 14.1. The van der Waals surface area contributed by atoms with Crippen molar-refractivity contribution >= 4 is 17.3 Å². The molecule has 0 saturated carbocycles. The fourth-order valence-corrected chi connectivity index (χ4v) is 4.93. The molecule has 0 aliphatic carbocycles. The first-order valence-corrected chi connectivity index (χ1v) is 14.1. The Balaban J connectivity index is 1.61. The summed E-state index contributed by atoms with van der Waals surface area (Å²) in [7, 11) is 0. The topological polar surface area (TPSA) is 96.8 Å². The lowest BCUT2D eigenvalue weighted by molar-refractivity contribution is -0.160. The fraction of sp³-hybridized carbons (Fsp3) is 0.469. The second-order valence-electron chi connectivity index (χ2n) is 12.3. The molecule has 3 aromatic rings. The van der Waals surface area contributed by atoms with Crippen LogP contribution in [0.2, 0.25) is 0 Å². The Kier molecular flexibility index (Phi) is 9.17. The van der Waals surface area contributed by atoms with Crippen LogP contribution in [-0.2, 0) is 9.53 Å². The molecule has 1 atom stereocenters. The van der Waals surface area contributed by atoms with Crippen LogP contribution in [0.1, 0.15) is 64.8 Å². The van der Waals surface area contributed by atoms with Gasteiger partial charge in [-0.1, -0.05) is 13.8 Å². The minimum atomic E-state index is -1.17. The van der Waals surface area contributed by atoms with E-state index in [0.717, 1.165) is 42.9 Å². The van der Waals surface area contributed by atoms with Crippen LogP contribution in [0.5, 0.6) is 5.75 Å². The SMILES string of the molecule is Cc1ncc(-c2ccc(NCCOc3ccc(F)cc3)cn2)c(N2CCC(C)(C)CC2)c1[C@H](OC(C)(C)C)C(=O)O. The highest BCUT2D eigenvalue weighted by Crippen LogP contribution is 2.43. The van der Waals surface area contributed by atoms with Gasteiger partial charge in [-0.15, -0.1) is 0 Å². The van der Waals surface area contributed by atoms with Gasteiger partial charge in [0, 0.05) is 42.7 Å². The van der Waals surface area contributed by atoms with Gasteiger partial charge in [-0.2, -0.15) is 0 Å². The maximum atomic E-state index is 13.1. The van der Waals surface area contributed by atoms with Gasteiger partial charge in [0.05, 0.1) is 28.9 Å². The van der Waals surface area contributed by atoms with Crippen LogP contribution in [-0.4, -0.2) is 52.9 Å². The summed E-state index contributed by atoms with van der Waals surface area (Å²) in [5.41, 5.74) is 3.88. The predicted molar refractivity (Wildman–Crippen MR) is 159 cm³/mol. The van der Waals surface area contributed by atoms with Gasteiger partial charge in [-0.3, -0.25) is 9.97 Å². The van der Waals surface area contributed by atoms with E-state index in [9.17, 15) is 14.3 Å². The number of rotatable bonds is 10. The van der Waals surface area contributed by atoms with Gasteiger partial charge in [0.15, 0.2) is 6.10 Å². The third kappa shape index (κ3) is 7.94. The molecule has 4 rings (SSSR count). The number of piperidine rings is 1. The van der Waals surface area contributed by atoms with E-state index in [1.165, 1.54) is 12.1 Å². The Labute approximate surface area is 241 Å². The molecule has 1 aliphatic rings. The second kappa shape index (κ2) is 12.4. The number of halogens is 1. The molecule has 2 aromatic heterocycles. The first-order chi connectivity index (χ1) is 19.3. The Morgan fingerprint density at radius 2 is 1.78 bits per heavy atom. The lowest BCUT2D eigenvalue weighted by Gasteiger charge is -2.40. The number of anilines is 2. The molecular weight excluding hydrogens is 523 g/mol. The van der Waals surface area contributed by atoms with E-state index < -0.39 is 17.7 Å². The zero-order valence-corrected chi connectivity index (χ0v) is 24.8. The summed E-state index contributed by atoms with van der Waals surface area (Å²) in [6.45, 7) is 14.5. The van der Waals surface area contributed by atoms with Crippen LogP contribution < -0.4 is 15.0 Å². The molecule has 41 heavy (non-hydrogen) atoms. The van der Waals surface area contributed by atoms with Crippen molar-refractivity contribution in [1.29, 1.82) is 0 Å². The number of carboxylic acids is 1. The molecule has 0 radical (unpaired) electrons. The zero-order valence-electron chi connectivity index (χ0n) is 24.8. The number of ether oxygens (including phenoxy) is 2. The molecule has 3 heterocycles. The molecule has 8 nitrogen and oxygen atoms in total. The van der Waals surface area contributed by atoms with Gasteiger partial charge in [-0.05, 0) is 82.3 Å². The number of aromatic nitrogens is 2. The van der Waals surface area contributed by atoms with Gasteiger partial charge in [0.2, 0.25) is 0 Å². The van der Waals surface area contributed by atoms with Crippen LogP contribution >= 0.6 is 0 Å². The Morgan fingerprint density at radius 3 is 2.37 bits per heavy atom. The van der Waals surface area contributed by atoms with Gasteiger partial charge >= 0.3 is 5.97 Å². The number of nitrogens with one attached hydrogen (secondary N) is 1. The van der Waals surface area contributed by atoms with E-state index in [1.54, 1.807) is 24.5 Å². The lowest BCUT2D eigenvalue weighted by atomic mass is 9.82. The van der Waals surface area contributed by atoms with E-state index in [1.807, 2.05) is 39.8 Å². The minimum absolute atomic E-state index is 0.221. The molecule has 220 valence electrons. The number of benzene rings is 1. The molecule has 0 bridgehead atoms. The largest absolute Gasteiger partial charge is 0.492 e. The molecular formula is C32H41FN4O4. The number of carboxylic acid groups (broad SMARTS) is 1. The van der Waals surface area contributed by atoms with Gasteiger partial charge < -0.3 is 24.8 Å². The summed E-state index contributed by atoms with van der Waals surface area (Å²) in [6.07, 6.45) is 4.34. The van der Waals surface area contributed by atoms with E-state index >= 15 is 0 Å². The minimum Gasteiger partial charge on any atom is -0.492 e. The Bertz CT molecular complexity index is 1330. The van der Waals surface area contributed by atoms with E-state index in [2.05, 4.69) is 29.0 Å². The summed E-state index contributed by atoms with van der Waals surface area (Å²) in [4.78, 5) is 24.2. The van der Waals surface area contributed by atoms with Gasteiger partial charge in [0.1, 0.15) is 18.2 Å². The van der Waals surface area contributed by atoms with Crippen molar-refractivity contribution in [2.24, 2.45) is 5.41 Å². The predicted octanol–water partition coefficient (Wildman–Crippen LogP) is 6.65. The highest BCUT2D eigenvalue weighted by molar-refractivity contribution is 5.85. The number of hydrogen-bond acceptors (Lipinski definition) is 7. The molecule has 0 spiro atoms. The summed E-state index contributed by atoms with van der Waals surface area (Å²) >= 11 is 0. The van der Waals surface area contributed by atoms with Crippen LogP contribution in [0.3, 0.4) is 0 Å². The number of pyridine rings is 2. The van der Waals surface area contributed by atoms with Crippen molar-refractivity contribution < 1.29 is 23.8 Å². The normalized spacial score (nSPS) is 15.8. The van der Waals surface area contributed by atoms with Crippen molar-refractivity contribution in [3.05, 3.63) is 65.9 Å². The molecule has 0 amide bonds. The molecule has 9 heteroatoms. The Hall–Kier alpha value is -3.72. The van der Waals surface area contributed by atoms with Gasteiger partial charge in [-0.25, -0.2) is 9.18 Å². The van der Waals surface area contributed by atoms with Crippen molar-refractivity contribution in [1.82, 2.24) is 9.97 Å². The molecule has 0 unspecified atom stereocenters. The molecule has 1 aliphatic heterocycles. The van der Waals surface area contributed by atoms with Crippen molar-refractivity contribution in [3.63, 3.8) is 0 Å². The highest BCUT2D eigenvalue weighted by atomic mass is 19.1. The monoisotopic (exact) mass is 564 g/mol. The second-order valence-corrected chi connectivity index (χ2v) is 12.3.